The van der Waals surface area contributed by atoms with E-state index in [0.717, 1.165) is 0 Å². The van der Waals surface area contributed by atoms with Crippen molar-refractivity contribution in [2.75, 3.05) is 25.1 Å². The molecule has 1 aliphatic rings. The Bertz CT molecular complexity index is 501. The third kappa shape index (κ3) is 3.23. The maximum Gasteiger partial charge on any atom is 0.339 e. The zero-order chi connectivity index (χ0) is 13.8. The first-order valence-electron chi connectivity index (χ1n) is 5.73. The molecule has 0 bridgehead atoms. The van der Waals surface area contributed by atoms with E-state index in [1.54, 1.807) is 6.07 Å². The summed E-state index contributed by atoms with van der Waals surface area (Å²) in [6.07, 6.45) is 0. The molecule has 1 amide bonds. The number of benzene rings is 1. The molecule has 102 valence electrons. The largest absolute Gasteiger partial charge is 0.478 e. The zero-order valence-electron chi connectivity index (χ0n) is 9.98. The maximum absolute atomic E-state index is 12.0. The van der Waals surface area contributed by atoms with Crippen molar-refractivity contribution in [1.82, 2.24) is 5.32 Å². The van der Waals surface area contributed by atoms with Gasteiger partial charge in [-0.15, -0.1) is 0 Å². The number of halogens is 1. The van der Waals surface area contributed by atoms with E-state index in [9.17, 15) is 9.59 Å². The molecular weight excluding hydrogens is 272 g/mol. The lowest BCUT2D eigenvalue weighted by Gasteiger charge is -2.23. The topological polar surface area (TPSA) is 87.7 Å². The van der Waals surface area contributed by atoms with Crippen molar-refractivity contribution in [1.29, 1.82) is 0 Å². The lowest BCUT2D eigenvalue weighted by Crippen LogP contribution is -2.49. The van der Waals surface area contributed by atoms with Crippen LogP contribution in [0.5, 0.6) is 0 Å². The van der Waals surface area contributed by atoms with Gasteiger partial charge in [-0.3, -0.25) is 4.79 Å². The van der Waals surface area contributed by atoms with Gasteiger partial charge < -0.3 is 20.5 Å². The van der Waals surface area contributed by atoms with Gasteiger partial charge in [0.05, 0.1) is 23.9 Å². The van der Waals surface area contributed by atoms with Gasteiger partial charge in [0.25, 0.3) is 0 Å². The molecule has 1 fully saturated rings. The molecule has 1 unspecified atom stereocenters. The van der Waals surface area contributed by atoms with Crippen LogP contribution in [0.2, 0.25) is 5.02 Å². The molecule has 0 spiro atoms. The van der Waals surface area contributed by atoms with Crippen LogP contribution in [-0.2, 0) is 9.53 Å². The van der Waals surface area contributed by atoms with Crippen molar-refractivity contribution >= 4 is 29.2 Å². The molecule has 0 aliphatic carbocycles. The highest BCUT2D eigenvalue weighted by Gasteiger charge is 2.23. The molecule has 1 heterocycles. The number of morpholine rings is 1. The number of ether oxygens (including phenoxy) is 1. The van der Waals surface area contributed by atoms with Crippen LogP contribution in [-0.4, -0.2) is 42.8 Å². The zero-order valence-corrected chi connectivity index (χ0v) is 10.7. The molecule has 1 aromatic rings. The van der Waals surface area contributed by atoms with Crippen LogP contribution in [0, 0.1) is 0 Å². The fourth-order valence-corrected chi connectivity index (χ4v) is 2.05. The van der Waals surface area contributed by atoms with Crippen LogP contribution in [0.3, 0.4) is 0 Å². The van der Waals surface area contributed by atoms with Gasteiger partial charge in [-0.25, -0.2) is 4.79 Å². The summed E-state index contributed by atoms with van der Waals surface area (Å²) < 4.78 is 5.18. The number of aromatic carboxylic acids is 1. The Hall–Kier alpha value is -1.63. The minimum absolute atomic E-state index is 0.0816. The lowest BCUT2D eigenvalue weighted by molar-refractivity contribution is -0.120. The predicted molar refractivity (Wildman–Crippen MR) is 69.7 cm³/mol. The van der Waals surface area contributed by atoms with Gasteiger partial charge in [-0.05, 0) is 12.1 Å². The summed E-state index contributed by atoms with van der Waals surface area (Å²) in [6, 6.07) is 4.05. The summed E-state index contributed by atoms with van der Waals surface area (Å²) in [4.78, 5) is 23.1. The van der Waals surface area contributed by atoms with Crippen LogP contribution >= 0.6 is 11.6 Å². The van der Waals surface area contributed by atoms with Crippen molar-refractivity contribution in [2.24, 2.45) is 0 Å². The number of hydrogen-bond acceptors (Lipinski definition) is 4. The van der Waals surface area contributed by atoms with Gasteiger partial charge in [0, 0.05) is 6.54 Å². The van der Waals surface area contributed by atoms with Crippen LogP contribution in [0.1, 0.15) is 10.4 Å². The summed E-state index contributed by atoms with van der Waals surface area (Å²) in [6.45, 7) is 1.40. The minimum Gasteiger partial charge on any atom is -0.478 e. The average Bonchev–Trinajstić information content (AvgIpc) is 2.39. The molecule has 3 N–H and O–H groups in total. The Morgan fingerprint density at radius 2 is 2.26 bits per heavy atom. The number of nitrogens with one attached hydrogen (secondary N) is 2. The van der Waals surface area contributed by atoms with E-state index >= 15 is 0 Å². The minimum atomic E-state index is -1.19. The highest BCUT2D eigenvalue weighted by atomic mass is 35.5. The SMILES string of the molecule is O=C(O)c1c(Cl)cccc1NC(=O)C1COCCN1. The Labute approximate surface area is 114 Å². The highest BCUT2D eigenvalue weighted by Crippen LogP contribution is 2.24. The van der Waals surface area contributed by atoms with Crippen LogP contribution < -0.4 is 10.6 Å². The van der Waals surface area contributed by atoms with Gasteiger partial charge in [0.15, 0.2) is 0 Å². The molecule has 6 nitrogen and oxygen atoms in total. The molecule has 7 heteroatoms. The Kier molecular flexibility index (Phi) is 4.36. The van der Waals surface area contributed by atoms with Crippen LogP contribution in [0.4, 0.5) is 5.69 Å². The van der Waals surface area contributed by atoms with E-state index < -0.39 is 12.0 Å². The second-order valence-corrected chi connectivity index (χ2v) is 4.45. The molecule has 19 heavy (non-hydrogen) atoms. The van der Waals surface area contributed by atoms with Gasteiger partial charge in [-0.2, -0.15) is 0 Å². The van der Waals surface area contributed by atoms with E-state index in [4.69, 9.17) is 21.4 Å². The van der Waals surface area contributed by atoms with E-state index in [1.807, 2.05) is 0 Å². The monoisotopic (exact) mass is 284 g/mol. The molecule has 1 aliphatic heterocycles. The van der Waals surface area contributed by atoms with Crippen LogP contribution in [0.25, 0.3) is 0 Å². The number of carbonyl (C=O) groups excluding carboxylic acids is 1. The first-order chi connectivity index (χ1) is 9.09. The number of carboxylic acid groups (broad SMARTS) is 1. The second kappa shape index (κ2) is 6.01. The van der Waals surface area contributed by atoms with E-state index in [-0.39, 0.29) is 28.8 Å². The van der Waals surface area contributed by atoms with Crippen molar-refractivity contribution in [3.8, 4) is 0 Å². The molecule has 1 atom stereocenters. The Balaban J connectivity index is 2.16. The first kappa shape index (κ1) is 13.8. The molecular formula is C12H13ClN2O4. The molecule has 0 saturated carbocycles. The second-order valence-electron chi connectivity index (χ2n) is 4.04. The van der Waals surface area contributed by atoms with Crippen molar-refractivity contribution in [2.45, 2.75) is 6.04 Å². The smallest absolute Gasteiger partial charge is 0.339 e. The fraction of sp³-hybridized carbons (Fsp3) is 0.333. The van der Waals surface area contributed by atoms with Crippen molar-refractivity contribution in [3.05, 3.63) is 28.8 Å². The highest BCUT2D eigenvalue weighted by molar-refractivity contribution is 6.34. The Morgan fingerprint density at radius 3 is 2.89 bits per heavy atom. The number of carboxylic acids is 1. The predicted octanol–water partition coefficient (Wildman–Crippen LogP) is 0.965. The summed E-state index contributed by atoms with van der Waals surface area (Å²) >= 11 is 5.82. The quantitative estimate of drug-likeness (QED) is 0.770. The molecule has 0 aromatic heterocycles. The molecule has 1 aromatic carbocycles. The summed E-state index contributed by atoms with van der Waals surface area (Å²) in [5.41, 5.74) is 0.0617. The van der Waals surface area contributed by atoms with E-state index in [1.165, 1.54) is 12.1 Å². The molecule has 0 radical (unpaired) electrons. The van der Waals surface area contributed by atoms with Crippen LogP contribution in [0.15, 0.2) is 18.2 Å². The third-order valence-electron chi connectivity index (χ3n) is 2.72. The van der Waals surface area contributed by atoms with Gasteiger partial charge >= 0.3 is 5.97 Å². The normalized spacial score (nSPS) is 18.9. The van der Waals surface area contributed by atoms with Crippen molar-refractivity contribution in [3.63, 3.8) is 0 Å². The lowest BCUT2D eigenvalue weighted by atomic mass is 10.1. The summed E-state index contributed by atoms with van der Waals surface area (Å²) in [5.74, 6) is -1.53. The van der Waals surface area contributed by atoms with E-state index in [0.29, 0.717) is 13.2 Å². The molecule has 2 rings (SSSR count). The number of amides is 1. The van der Waals surface area contributed by atoms with E-state index in [2.05, 4.69) is 10.6 Å². The maximum atomic E-state index is 12.0. The molecule has 1 saturated heterocycles. The summed E-state index contributed by atoms with van der Waals surface area (Å²) in [7, 11) is 0. The third-order valence-corrected chi connectivity index (χ3v) is 3.04. The van der Waals surface area contributed by atoms with Gasteiger partial charge in [0.2, 0.25) is 5.91 Å². The number of anilines is 1. The van der Waals surface area contributed by atoms with Crippen molar-refractivity contribution < 1.29 is 19.4 Å². The fourth-order valence-electron chi connectivity index (χ4n) is 1.80. The van der Waals surface area contributed by atoms with Gasteiger partial charge in [-0.1, -0.05) is 17.7 Å². The standard InChI is InChI=1S/C12H13ClN2O4/c13-7-2-1-3-8(10(7)12(17)18)15-11(16)9-6-19-5-4-14-9/h1-3,9,14H,4-6H2,(H,15,16)(H,17,18). The number of carbonyl (C=O) groups is 2. The average molecular weight is 285 g/mol. The Morgan fingerprint density at radius 1 is 1.47 bits per heavy atom. The number of rotatable bonds is 3. The summed E-state index contributed by atoms with van der Waals surface area (Å²) in [5, 5.41) is 14.7. The van der Waals surface area contributed by atoms with Gasteiger partial charge in [0.1, 0.15) is 11.6 Å². The number of hydrogen-bond donors (Lipinski definition) is 3. The first-order valence-corrected chi connectivity index (χ1v) is 6.11.